The Morgan fingerprint density at radius 2 is 2.17 bits per heavy atom. The van der Waals surface area contributed by atoms with E-state index in [4.69, 9.17) is 20.8 Å². The normalized spacial score (nSPS) is 12.4. The average molecular weight is 331 g/mol. The third-order valence-electron chi connectivity index (χ3n) is 2.70. The van der Waals surface area contributed by atoms with Gasteiger partial charge in [-0.2, -0.15) is 0 Å². The Hall–Kier alpha value is -0.970. The number of halogens is 2. The topological polar surface area (TPSA) is 34.4 Å². The quantitative estimate of drug-likeness (QED) is 0.919. The lowest BCUT2D eigenvalue weighted by atomic mass is 10.0. The zero-order valence-corrected chi connectivity index (χ0v) is 12.4. The minimum atomic E-state index is -0.0957. The molecule has 1 atom stereocenters. The van der Waals surface area contributed by atoms with Crippen LogP contribution >= 0.6 is 27.5 Å². The van der Waals surface area contributed by atoms with E-state index >= 15 is 0 Å². The number of methoxy groups -OCH3 is 1. The molecular formula is C13H13BrClNO2. The van der Waals surface area contributed by atoms with E-state index in [0.29, 0.717) is 5.02 Å². The summed E-state index contributed by atoms with van der Waals surface area (Å²) >= 11 is 9.43. The molecule has 18 heavy (non-hydrogen) atoms. The summed E-state index contributed by atoms with van der Waals surface area (Å²) in [7, 11) is 3.49. The lowest BCUT2D eigenvalue weighted by Crippen LogP contribution is -2.18. The van der Waals surface area contributed by atoms with Gasteiger partial charge in [0.1, 0.15) is 11.5 Å². The fourth-order valence-corrected chi connectivity index (χ4v) is 2.46. The van der Waals surface area contributed by atoms with Crippen molar-refractivity contribution in [3.63, 3.8) is 0 Å². The highest BCUT2D eigenvalue weighted by molar-refractivity contribution is 9.10. The predicted octanol–water partition coefficient (Wildman–Crippen LogP) is 4.01. The van der Waals surface area contributed by atoms with E-state index in [2.05, 4.69) is 21.2 Å². The summed E-state index contributed by atoms with van der Waals surface area (Å²) in [6.07, 6.45) is 1.64. The Kier molecular flexibility index (Phi) is 4.32. The first kappa shape index (κ1) is 13.5. The first-order valence-corrected chi connectivity index (χ1v) is 6.58. The van der Waals surface area contributed by atoms with Crippen LogP contribution in [0.5, 0.6) is 5.75 Å². The van der Waals surface area contributed by atoms with Crippen LogP contribution in [0.1, 0.15) is 17.4 Å². The summed E-state index contributed by atoms with van der Waals surface area (Å²) in [5, 5.41) is 3.85. The second-order valence-corrected chi connectivity index (χ2v) is 5.03. The molecular weight excluding hydrogens is 318 g/mol. The molecule has 1 aromatic heterocycles. The highest BCUT2D eigenvalue weighted by Gasteiger charge is 2.21. The number of rotatable bonds is 4. The molecule has 0 fully saturated rings. The van der Waals surface area contributed by atoms with Crippen LogP contribution in [0.15, 0.2) is 39.4 Å². The second-order valence-electron chi connectivity index (χ2n) is 3.74. The standard InChI is InChI=1S/C13H13BrClNO2/c1-16-12(13-10(14)5-6-18-13)9-4-3-8(15)7-11(9)17-2/h3-7,12,16H,1-2H3. The largest absolute Gasteiger partial charge is 0.496 e. The lowest BCUT2D eigenvalue weighted by Gasteiger charge is -2.18. The van der Waals surface area contributed by atoms with Crippen LogP contribution in [0.2, 0.25) is 5.02 Å². The Bertz CT molecular complexity index is 542. The highest BCUT2D eigenvalue weighted by atomic mass is 79.9. The zero-order chi connectivity index (χ0) is 13.1. The molecule has 0 saturated heterocycles. The van der Waals surface area contributed by atoms with E-state index in [-0.39, 0.29) is 6.04 Å². The van der Waals surface area contributed by atoms with Gasteiger partial charge < -0.3 is 14.5 Å². The molecule has 2 rings (SSSR count). The molecule has 2 aromatic rings. The van der Waals surface area contributed by atoms with Crippen LogP contribution in [0.3, 0.4) is 0 Å². The van der Waals surface area contributed by atoms with Crippen LogP contribution in [0.4, 0.5) is 0 Å². The molecule has 3 nitrogen and oxygen atoms in total. The SMILES string of the molecule is CNC(c1ccc(Cl)cc1OC)c1occc1Br. The molecule has 1 N–H and O–H groups in total. The van der Waals surface area contributed by atoms with Crippen molar-refractivity contribution in [2.45, 2.75) is 6.04 Å². The summed E-state index contributed by atoms with van der Waals surface area (Å²) in [6.45, 7) is 0. The predicted molar refractivity (Wildman–Crippen MR) is 75.3 cm³/mol. The van der Waals surface area contributed by atoms with Crippen molar-refractivity contribution in [3.8, 4) is 5.75 Å². The van der Waals surface area contributed by atoms with Gasteiger partial charge in [0.2, 0.25) is 0 Å². The molecule has 0 amide bonds. The summed E-state index contributed by atoms with van der Waals surface area (Å²) in [4.78, 5) is 0. The van der Waals surface area contributed by atoms with E-state index in [1.54, 1.807) is 19.4 Å². The molecule has 0 radical (unpaired) electrons. The van der Waals surface area contributed by atoms with Crippen LogP contribution in [0, 0.1) is 0 Å². The number of hydrogen-bond acceptors (Lipinski definition) is 3. The van der Waals surface area contributed by atoms with Crippen molar-refractivity contribution < 1.29 is 9.15 Å². The Labute approximate surface area is 119 Å². The molecule has 0 spiro atoms. The van der Waals surface area contributed by atoms with E-state index < -0.39 is 0 Å². The smallest absolute Gasteiger partial charge is 0.139 e. The van der Waals surface area contributed by atoms with Gasteiger partial charge in [0.25, 0.3) is 0 Å². The number of hydrogen-bond donors (Lipinski definition) is 1. The van der Waals surface area contributed by atoms with Gasteiger partial charge >= 0.3 is 0 Å². The van der Waals surface area contributed by atoms with Crippen molar-refractivity contribution in [3.05, 3.63) is 51.3 Å². The third-order valence-corrected chi connectivity index (χ3v) is 3.59. The molecule has 0 aliphatic carbocycles. The highest BCUT2D eigenvalue weighted by Crippen LogP contribution is 2.35. The molecule has 1 aromatic carbocycles. The molecule has 5 heteroatoms. The first-order valence-electron chi connectivity index (χ1n) is 5.41. The summed E-state index contributed by atoms with van der Waals surface area (Å²) in [5.74, 6) is 1.53. The maximum atomic E-state index is 5.97. The van der Waals surface area contributed by atoms with Gasteiger partial charge in [-0.25, -0.2) is 0 Å². The number of nitrogens with one attached hydrogen (secondary N) is 1. The van der Waals surface area contributed by atoms with Gasteiger partial charge in [-0.3, -0.25) is 0 Å². The molecule has 1 unspecified atom stereocenters. The van der Waals surface area contributed by atoms with Crippen molar-refractivity contribution in [2.24, 2.45) is 0 Å². The first-order chi connectivity index (χ1) is 8.67. The van der Waals surface area contributed by atoms with E-state index in [1.165, 1.54) is 0 Å². The van der Waals surface area contributed by atoms with Gasteiger partial charge in [-0.15, -0.1) is 0 Å². The number of ether oxygens (including phenoxy) is 1. The van der Waals surface area contributed by atoms with Gasteiger partial charge in [0, 0.05) is 10.6 Å². The van der Waals surface area contributed by atoms with E-state index in [1.807, 2.05) is 25.2 Å². The number of benzene rings is 1. The average Bonchev–Trinajstić information content (AvgIpc) is 2.78. The molecule has 0 saturated carbocycles. The Morgan fingerprint density at radius 1 is 1.39 bits per heavy atom. The fourth-order valence-electron chi connectivity index (χ4n) is 1.86. The van der Waals surface area contributed by atoms with Gasteiger partial charge in [-0.1, -0.05) is 17.7 Å². The fraction of sp³-hybridized carbons (Fsp3) is 0.231. The summed E-state index contributed by atoms with van der Waals surface area (Å²) < 4.78 is 11.8. The minimum absolute atomic E-state index is 0.0957. The van der Waals surface area contributed by atoms with Crippen molar-refractivity contribution in [1.29, 1.82) is 0 Å². The second kappa shape index (κ2) is 5.78. The molecule has 0 aliphatic rings. The third kappa shape index (κ3) is 2.55. The molecule has 0 aliphatic heterocycles. The lowest BCUT2D eigenvalue weighted by molar-refractivity contribution is 0.396. The van der Waals surface area contributed by atoms with E-state index in [9.17, 15) is 0 Å². The van der Waals surface area contributed by atoms with Gasteiger partial charge in [0.05, 0.1) is 23.9 Å². The van der Waals surface area contributed by atoms with Crippen molar-refractivity contribution >= 4 is 27.5 Å². The van der Waals surface area contributed by atoms with Gasteiger partial charge in [0.15, 0.2) is 0 Å². The van der Waals surface area contributed by atoms with E-state index in [0.717, 1.165) is 21.5 Å². The van der Waals surface area contributed by atoms with Crippen LogP contribution in [-0.2, 0) is 0 Å². The molecule has 96 valence electrons. The molecule has 1 heterocycles. The summed E-state index contributed by atoms with van der Waals surface area (Å²) in [6, 6.07) is 7.32. The van der Waals surface area contributed by atoms with Crippen molar-refractivity contribution in [2.75, 3.05) is 14.2 Å². The summed E-state index contributed by atoms with van der Waals surface area (Å²) in [5.41, 5.74) is 0.972. The number of furan rings is 1. The van der Waals surface area contributed by atoms with Crippen LogP contribution < -0.4 is 10.1 Å². The van der Waals surface area contributed by atoms with Crippen LogP contribution in [-0.4, -0.2) is 14.2 Å². The Morgan fingerprint density at radius 3 is 2.72 bits per heavy atom. The minimum Gasteiger partial charge on any atom is -0.496 e. The molecule has 0 bridgehead atoms. The maximum Gasteiger partial charge on any atom is 0.139 e. The Balaban J connectivity index is 2.48. The van der Waals surface area contributed by atoms with Crippen LogP contribution in [0.25, 0.3) is 0 Å². The monoisotopic (exact) mass is 329 g/mol. The van der Waals surface area contributed by atoms with Gasteiger partial charge in [-0.05, 0) is 41.2 Å². The zero-order valence-electron chi connectivity index (χ0n) is 10.0. The van der Waals surface area contributed by atoms with Crippen molar-refractivity contribution in [1.82, 2.24) is 5.32 Å². The maximum absolute atomic E-state index is 5.97.